The van der Waals surface area contributed by atoms with Crippen LogP contribution in [0.5, 0.6) is 5.88 Å². The van der Waals surface area contributed by atoms with Crippen LogP contribution in [-0.2, 0) is 0 Å². The van der Waals surface area contributed by atoms with E-state index in [1.165, 1.54) is 0 Å². The Labute approximate surface area is 114 Å². The lowest BCUT2D eigenvalue weighted by Crippen LogP contribution is -2.21. The minimum Gasteiger partial charge on any atom is -0.473 e. The predicted octanol–water partition coefficient (Wildman–Crippen LogP) is 2.54. The normalized spacial score (nSPS) is 12.6. The molecule has 0 bridgehead atoms. The molecule has 0 aliphatic heterocycles. The number of nitrogens with zero attached hydrogens (tertiary/aromatic N) is 2. The maximum Gasteiger partial charge on any atom is 0.244 e. The average Bonchev–Trinajstić information content (AvgIpc) is 2.21. The molecular formula is C13H21N3OS. The number of ether oxygens (including phenoxy) is 1. The zero-order chi connectivity index (χ0) is 13.9. The number of rotatable bonds is 5. The van der Waals surface area contributed by atoms with Crippen LogP contribution in [0.2, 0.25) is 0 Å². The Hall–Kier alpha value is -1.23. The summed E-state index contributed by atoms with van der Waals surface area (Å²) in [5.41, 5.74) is 8.20. The minimum atomic E-state index is 0.0644. The summed E-state index contributed by atoms with van der Waals surface area (Å²) < 4.78 is 5.81. The standard InChI is InChI=1S/C13H21N3OS/c1-7(2)6-8(3)17-13-11(12(14)18)9(4)10(5)15-16-13/h7-8H,6H2,1-5H3,(H2,14,18). The van der Waals surface area contributed by atoms with Crippen molar-refractivity contribution in [2.45, 2.75) is 47.1 Å². The third kappa shape index (κ3) is 3.63. The first-order chi connectivity index (χ1) is 8.32. The largest absolute Gasteiger partial charge is 0.473 e. The summed E-state index contributed by atoms with van der Waals surface area (Å²) in [7, 11) is 0. The molecule has 1 aromatic heterocycles. The van der Waals surface area contributed by atoms with E-state index in [1.807, 2.05) is 20.8 Å². The van der Waals surface area contributed by atoms with Crippen molar-refractivity contribution in [1.29, 1.82) is 0 Å². The number of aromatic nitrogens is 2. The second kappa shape index (κ2) is 6.09. The van der Waals surface area contributed by atoms with Crippen LogP contribution in [0.3, 0.4) is 0 Å². The van der Waals surface area contributed by atoms with Crippen LogP contribution >= 0.6 is 12.2 Å². The third-order valence-corrected chi connectivity index (χ3v) is 2.99. The monoisotopic (exact) mass is 267 g/mol. The van der Waals surface area contributed by atoms with Crippen molar-refractivity contribution in [3.05, 3.63) is 16.8 Å². The highest BCUT2D eigenvalue weighted by molar-refractivity contribution is 7.80. The summed E-state index contributed by atoms with van der Waals surface area (Å²) in [6, 6.07) is 0. The second-order valence-electron chi connectivity index (χ2n) is 5.01. The Bertz CT molecular complexity index is 446. The smallest absolute Gasteiger partial charge is 0.244 e. The summed E-state index contributed by atoms with van der Waals surface area (Å²) in [5.74, 6) is 1.01. The number of nitrogens with two attached hydrogens (primary N) is 1. The van der Waals surface area contributed by atoms with Gasteiger partial charge >= 0.3 is 0 Å². The molecule has 0 aliphatic carbocycles. The topological polar surface area (TPSA) is 61.0 Å². The SMILES string of the molecule is Cc1nnc(OC(C)CC(C)C)c(C(N)=S)c1C. The molecule has 5 heteroatoms. The highest BCUT2D eigenvalue weighted by Crippen LogP contribution is 2.22. The van der Waals surface area contributed by atoms with Gasteiger partial charge in [-0.05, 0) is 38.7 Å². The molecule has 0 aliphatic rings. The molecule has 0 saturated carbocycles. The van der Waals surface area contributed by atoms with Gasteiger partial charge < -0.3 is 10.5 Å². The number of thiocarbonyl (C=S) groups is 1. The fourth-order valence-electron chi connectivity index (χ4n) is 1.86. The van der Waals surface area contributed by atoms with Gasteiger partial charge in [0.05, 0.1) is 17.4 Å². The van der Waals surface area contributed by atoms with Gasteiger partial charge in [-0.1, -0.05) is 26.1 Å². The number of hydrogen-bond acceptors (Lipinski definition) is 4. The van der Waals surface area contributed by atoms with E-state index in [-0.39, 0.29) is 6.10 Å². The maximum atomic E-state index is 5.81. The Kier molecular flexibility index (Phi) is 5.02. The van der Waals surface area contributed by atoms with Gasteiger partial charge in [0.2, 0.25) is 5.88 Å². The van der Waals surface area contributed by atoms with Gasteiger partial charge in [-0.15, -0.1) is 5.10 Å². The molecule has 4 nitrogen and oxygen atoms in total. The molecule has 1 unspecified atom stereocenters. The maximum absolute atomic E-state index is 5.81. The van der Waals surface area contributed by atoms with Crippen molar-refractivity contribution in [3.63, 3.8) is 0 Å². The van der Waals surface area contributed by atoms with Gasteiger partial charge in [0.1, 0.15) is 4.99 Å². The van der Waals surface area contributed by atoms with Crippen LogP contribution in [0.1, 0.15) is 44.0 Å². The lowest BCUT2D eigenvalue weighted by Gasteiger charge is -2.18. The van der Waals surface area contributed by atoms with E-state index < -0.39 is 0 Å². The molecule has 0 amide bonds. The van der Waals surface area contributed by atoms with E-state index in [0.29, 0.717) is 22.3 Å². The molecule has 1 atom stereocenters. The van der Waals surface area contributed by atoms with Gasteiger partial charge in [0.25, 0.3) is 0 Å². The zero-order valence-corrected chi connectivity index (χ0v) is 12.5. The summed E-state index contributed by atoms with van der Waals surface area (Å²) in [4.78, 5) is 0.303. The van der Waals surface area contributed by atoms with Crippen molar-refractivity contribution in [3.8, 4) is 5.88 Å². The molecule has 1 heterocycles. The highest BCUT2D eigenvalue weighted by Gasteiger charge is 2.17. The Morgan fingerprint density at radius 3 is 2.39 bits per heavy atom. The Morgan fingerprint density at radius 2 is 1.89 bits per heavy atom. The average molecular weight is 267 g/mol. The molecule has 0 fully saturated rings. The van der Waals surface area contributed by atoms with Crippen LogP contribution in [0, 0.1) is 19.8 Å². The van der Waals surface area contributed by atoms with Gasteiger partial charge in [0, 0.05) is 0 Å². The Balaban J connectivity index is 3.02. The molecule has 0 spiro atoms. The summed E-state index contributed by atoms with van der Waals surface area (Å²) in [5, 5.41) is 8.13. The lowest BCUT2D eigenvalue weighted by atomic mass is 10.1. The van der Waals surface area contributed by atoms with Crippen molar-refractivity contribution in [2.24, 2.45) is 11.7 Å². The van der Waals surface area contributed by atoms with Crippen LogP contribution in [0.15, 0.2) is 0 Å². The first-order valence-electron chi connectivity index (χ1n) is 6.13. The third-order valence-electron chi connectivity index (χ3n) is 2.78. The van der Waals surface area contributed by atoms with Gasteiger partial charge in [-0.25, -0.2) is 0 Å². The second-order valence-corrected chi connectivity index (χ2v) is 5.45. The minimum absolute atomic E-state index is 0.0644. The van der Waals surface area contributed by atoms with E-state index in [1.54, 1.807) is 0 Å². The molecule has 1 rings (SSSR count). The fraction of sp³-hybridized carbons (Fsp3) is 0.615. The number of hydrogen-bond donors (Lipinski definition) is 1. The van der Waals surface area contributed by atoms with Gasteiger partial charge in [0.15, 0.2) is 0 Å². The van der Waals surface area contributed by atoms with E-state index in [4.69, 9.17) is 22.7 Å². The lowest BCUT2D eigenvalue weighted by molar-refractivity contribution is 0.183. The van der Waals surface area contributed by atoms with Crippen LogP contribution in [-0.4, -0.2) is 21.3 Å². The highest BCUT2D eigenvalue weighted by atomic mass is 32.1. The van der Waals surface area contributed by atoms with E-state index >= 15 is 0 Å². The van der Waals surface area contributed by atoms with E-state index in [9.17, 15) is 0 Å². The van der Waals surface area contributed by atoms with Crippen molar-refractivity contribution in [2.75, 3.05) is 0 Å². The van der Waals surface area contributed by atoms with Crippen molar-refractivity contribution >= 4 is 17.2 Å². The molecule has 100 valence electrons. The van der Waals surface area contributed by atoms with Gasteiger partial charge in [-0.2, -0.15) is 5.10 Å². The first-order valence-corrected chi connectivity index (χ1v) is 6.54. The fourth-order valence-corrected chi connectivity index (χ4v) is 2.10. The molecule has 0 radical (unpaired) electrons. The molecule has 1 aromatic rings. The summed E-state index contributed by atoms with van der Waals surface area (Å²) in [6.45, 7) is 10.1. The van der Waals surface area contributed by atoms with Crippen LogP contribution in [0.25, 0.3) is 0 Å². The molecule has 0 saturated heterocycles. The van der Waals surface area contributed by atoms with Crippen molar-refractivity contribution < 1.29 is 4.74 Å². The van der Waals surface area contributed by atoms with Crippen LogP contribution < -0.4 is 10.5 Å². The van der Waals surface area contributed by atoms with Crippen molar-refractivity contribution in [1.82, 2.24) is 10.2 Å². The first kappa shape index (κ1) is 14.8. The molecular weight excluding hydrogens is 246 g/mol. The van der Waals surface area contributed by atoms with E-state index in [2.05, 4.69) is 24.0 Å². The molecule has 2 N–H and O–H groups in total. The van der Waals surface area contributed by atoms with Gasteiger partial charge in [-0.3, -0.25) is 0 Å². The molecule has 18 heavy (non-hydrogen) atoms. The zero-order valence-electron chi connectivity index (χ0n) is 11.7. The number of aryl methyl sites for hydroxylation is 1. The summed E-state index contributed by atoms with van der Waals surface area (Å²) >= 11 is 5.07. The summed E-state index contributed by atoms with van der Waals surface area (Å²) in [6.07, 6.45) is 1.01. The van der Waals surface area contributed by atoms with Crippen LogP contribution in [0.4, 0.5) is 0 Å². The van der Waals surface area contributed by atoms with E-state index in [0.717, 1.165) is 17.7 Å². The Morgan fingerprint density at radius 1 is 1.28 bits per heavy atom. The molecule has 0 aromatic carbocycles. The quantitative estimate of drug-likeness (QED) is 0.831. The predicted molar refractivity (Wildman–Crippen MR) is 76.9 cm³/mol.